The van der Waals surface area contributed by atoms with Crippen LogP contribution in [0.2, 0.25) is 0 Å². The van der Waals surface area contributed by atoms with E-state index in [0.29, 0.717) is 0 Å². The van der Waals surface area contributed by atoms with Crippen molar-refractivity contribution in [3.05, 3.63) is 170 Å². The number of benzene rings is 6. The summed E-state index contributed by atoms with van der Waals surface area (Å²) in [5, 5.41) is 6.13. The molecule has 4 heteroatoms. The summed E-state index contributed by atoms with van der Waals surface area (Å²) in [5.74, 6) is 1.15. The van der Waals surface area contributed by atoms with Gasteiger partial charge >= 0.3 is 0 Å². The third kappa shape index (κ3) is 3.66. The number of hydrogen-bond donors (Lipinski definition) is 0. The molecule has 4 heterocycles. The summed E-state index contributed by atoms with van der Waals surface area (Å²) in [4.78, 5) is 7.97. The molecule has 1 aliphatic heterocycles. The van der Waals surface area contributed by atoms with Crippen LogP contribution in [0.15, 0.2) is 164 Å². The van der Waals surface area contributed by atoms with Gasteiger partial charge in [-0.1, -0.05) is 115 Å². The Morgan fingerprint density at radius 1 is 0.571 bits per heavy atom. The van der Waals surface area contributed by atoms with Gasteiger partial charge in [0, 0.05) is 38.5 Å². The maximum Gasteiger partial charge on any atom is 0.147 e. The maximum absolute atomic E-state index is 5.46. The van der Waals surface area contributed by atoms with Crippen LogP contribution in [0.3, 0.4) is 0 Å². The fourth-order valence-electron chi connectivity index (χ4n) is 8.52. The lowest BCUT2D eigenvalue weighted by Gasteiger charge is -2.29. The standard InChI is InChI=1S/C45H30N4/c1-3-14-30(15-4-1)47-38-23-11-9-18-33(38)37-28-29(26-27-40(37)47)32-22-13-25-41-42(32)34-19-7-8-20-35(34)44-46-43-36-21-10-12-24-39(36)48(45(43)49(41)44)31-16-5-2-6-17-31/h1-23,25-28,39H,24H2. The number of pyridine rings is 1. The van der Waals surface area contributed by atoms with Gasteiger partial charge in [0.2, 0.25) is 0 Å². The summed E-state index contributed by atoms with van der Waals surface area (Å²) in [6.07, 6.45) is 7.68. The Bertz CT molecular complexity index is 2850. The van der Waals surface area contributed by atoms with Crippen molar-refractivity contribution in [2.45, 2.75) is 12.5 Å². The molecule has 230 valence electrons. The van der Waals surface area contributed by atoms with Crippen LogP contribution in [0.25, 0.3) is 71.5 Å². The van der Waals surface area contributed by atoms with Gasteiger partial charge in [0.1, 0.15) is 17.2 Å². The molecule has 2 aliphatic rings. The molecule has 4 nitrogen and oxygen atoms in total. The molecule has 1 atom stereocenters. The molecule has 0 saturated carbocycles. The molecule has 0 fully saturated rings. The fourth-order valence-corrected chi connectivity index (χ4v) is 8.52. The number of nitrogens with zero attached hydrogens (tertiary/aromatic N) is 4. The van der Waals surface area contributed by atoms with E-state index in [4.69, 9.17) is 4.98 Å². The number of aromatic nitrogens is 3. The van der Waals surface area contributed by atoms with E-state index < -0.39 is 0 Å². The summed E-state index contributed by atoms with van der Waals surface area (Å²) < 4.78 is 4.81. The number of anilines is 2. The molecule has 6 aromatic carbocycles. The van der Waals surface area contributed by atoms with Crippen LogP contribution < -0.4 is 4.90 Å². The number of imidazole rings is 1. The maximum atomic E-state index is 5.46. The van der Waals surface area contributed by atoms with E-state index in [-0.39, 0.29) is 6.04 Å². The van der Waals surface area contributed by atoms with E-state index in [1.54, 1.807) is 0 Å². The van der Waals surface area contributed by atoms with Gasteiger partial charge in [-0.3, -0.25) is 4.40 Å². The minimum atomic E-state index is 0.218. The average molecular weight is 627 g/mol. The monoisotopic (exact) mass is 626 g/mol. The van der Waals surface area contributed by atoms with Gasteiger partial charge in [-0.2, -0.15) is 0 Å². The number of fused-ring (bicyclic) bond motifs is 13. The van der Waals surface area contributed by atoms with Crippen LogP contribution >= 0.6 is 0 Å². The third-order valence-electron chi connectivity index (χ3n) is 10.5. The van der Waals surface area contributed by atoms with E-state index in [9.17, 15) is 0 Å². The topological polar surface area (TPSA) is 25.5 Å². The van der Waals surface area contributed by atoms with Crippen LogP contribution in [-0.4, -0.2) is 20.0 Å². The second-order valence-corrected chi connectivity index (χ2v) is 13.1. The van der Waals surface area contributed by atoms with Crippen LogP contribution in [0, 0.1) is 0 Å². The van der Waals surface area contributed by atoms with Crippen molar-refractivity contribution in [2.24, 2.45) is 0 Å². The van der Waals surface area contributed by atoms with E-state index in [1.165, 1.54) is 66.2 Å². The Morgan fingerprint density at radius 3 is 2.10 bits per heavy atom. The Hall–Kier alpha value is -6.39. The highest BCUT2D eigenvalue weighted by atomic mass is 15.3. The number of para-hydroxylation sites is 3. The molecule has 0 saturated heterocycles. The summed E-state index contributed by atoms with van der Waals surface area (Å²) in [7, 11) is 0. The largest absolute Gasteiger partial charge is 0.318 e. The highest BCUT2D eigenvalue weighted by molar-refractivity contribution is 6.19. The molecule has 49 heavy (non-hydrogen) atoms. The second-order valence-electron chi connectivity index (χ2n) is 13.1. The molecular formula is C45H30N4. The first-order valence-corrected chi connectivity index (χ1v) is 17.0. The zero-order valence-electron chi connectivity index (χ0n) is 26.7. The normalized spacial score (nSPS) is 15.5. The van der Waals surface area contributed by atoms with E-state index >= 15 is 0 Å². The first-order valence-electron chi connectivity index (χ1n) is 17.0. The van der Waals surface area contributed by atoms with Gasteiger partial charge in [0.25, 0.3) is 0 Å². The summed E-state index contributed by atoms with van der Waals surface area (Å²) in [5.41, 5.74) is 11.7. The molecule has 0 N–H and O–H groups in total. The van der Waals surface area contributed by atoms with Crippen LogP contribution in [0.5, 0.6) is 0 Å². The quantitative estimate of drug-likeness (QED) is 0.182. The summed E-state index contributed by atoms with van der Waals surface area (Å²) >= 11 is 0. The van der Waals surface area contributed by atoms with Crippen LogP contribution in [0.1, 0.15) is 12.1 Å². The minimum Gasteiger partial charge on any atom is -0.318 e. The Morgan fingerprint density at radius 2 is 1.27 bits per heavy atom. The van der Waals surface area contributed by atoms with E-state index in [2.05, 4.69) is 178 Å². The molecule has 1 aliphatic carbocycles. The predicted molar refractivity (Wildman–Crippen MR) is 204 cm³/mol. The Kier molecular flexibility index (Phi) is 5.47. The molecule has 1 unspecified atom stereocenters. The molecule has 11 rings (SSSR count). The Balaban J connectivity index is 1.23. The van der Waals surface area contributed by atoms with Gasteiger partial charge in [0.15, 0.2) is 0 Å². The molecule has 9 aromatic rings. The number of hydrogen-bond acceptors (Lipinski definition) is 2. The summed E-state index contributed by atoms with van der Waals surface area (Å²) in [6.45, 7) is 0. The molecule has 0 spiro atoms. The molecule has 3 aromatic heterocycles. The van der Waals surface area contributed by atoms with Crippen molar-refractivity contribution in [3.8, 4) is 16.8 Å². The molecule has 0 radical (unpaired) electrons. The highest BCUT2D eigenvalue weighted by Crippen LogP contribution is 2.50. The fraction of sp³-hybridized carbons (Fsp3) is 0.0444. The first kappa shape index (κ1) is 26.7. The van der Waals surface area contributed by atoms with Gasteiger partial charge in [-0.15, -0.1) is 0 Å². The third-order valence-corrected chi connectivity index (χ3v) is 10.5. The molecular weight excluding hydrogens is 597 g/mol. The van der Waals surface area contributed by atoms with Crippen molar-refractivity contribution in [3.63, 3.8) is 0 Å². The smallest absolute Gasteiger partial charge is 0.147 e. The minimum absolute atomic E-state index is 0.218. The highest BCUT2D eigenvalue weighted by Gasteiger charge is 2.40. The SMILES string of the molecule is C1=CCC2C(=C1)c1nc3c4ccccc4c4c(-c5ccc6c(c5)c5ccccc5n6-c5ccccc5)cccc4n3c1N2c1ccccc1. The zero-order valence-corrected chi connectivity index (χ0v) is 26.7. The lowest BCUT2D eigenvalue weighted by molar-refractivity contribution is 0.816. The van der Waals surface area contributed by atoms with Crippen LogP contribution in [-0.2, 0) is 0 Å². The van der Waals surface area contributed by atoms with Crippen molar-refractivity contribution in [2.75, 3.05) is 4.90 Å². The van der Waals surface area contributed by atoms with Crippen molar-refractivity contribution in [1.29, 1.82) is 0 Å². The lowest BCUT2D eigenvalue weighted by atomic mass is 9.95. The summed E-state index contributed by atoms with van der Waals surface area (Å²) in [6, 6.07) is 53.0. The Labute approximate surface area is 283 Å². The van der Waals surface area contributed by atoms with Crippen molar-refractivity contribution < 1.29 is 0 Å². The van der Waals surface area contributed by atoms with Crippen molar-refractivity contribution in [1.82, 2.24) is 14.0 Å². The van der Waals surface area contributed by atoms with Gasteiger partial charge < -0.3 is 9.47 Å². The van der Waals surface area contributed by atoms with Crippen LogP contribution in [0.4, 0.5) is 11.5 Å². The van der Waals surface area contributed by atoms with Gasteiger partial charge in [-0.05, 0) is 71.5 Å². The predicted octanol–water partition coefficient (Wildman–Crippen LogP) is 11.3. The molecule has 0 bridgehead atoms. The van der Waals surface area contributed by atoms with E-state index in [0.717, 1.165) is 29.0 Å². The van der Waals surface area contributed by atoms with Crippen molar-refractivity contribution >= 4 is 66.2 Å². The zero-order chi connectivity index (χ0) is 32.1. The van der Waals surface area contributed by atoms with Gasteiger partial charge in [0.05, 0.1) is 22.6 Å². The number of allylic oxidation sites excluding steroid dienone is 2. The average Bonchev–Trinajstić information content (AvgIpc) is 3.82. The number of rotatable bonds is 3. The first-order chi connectivity index (χ1) is 24.3. The molecule has 0 amide bonds. The lowest BCUT2D eigenvalue weighted by Crippen LogP contribution is -2.28. The van der Waals surface area contributed by atoms with Gasteiger partial charge in [-0.25, -0.2) is 4.98 Å². The van der Waals surface area contributed by atoms with E-state index in [1.807, 2.05) is 0 Å². The second kappa shape index (κ2) is 10.1.